The monoisotopic (exact) mass is 156 g/mol. The Morgan fingerprint density at radius 2 is 2.10 bits per heavy atom. The zero-order chi connectivity index (χ0) is 7.72. The van der Waals surface area contributed by atoms with Gasteiger partial charge in [-0.05, 0) is 25.0 Å². The van der Waals surface area contributed by atoms with Crippen LogP contribution in [0.25, 0.3) is 0 Å². The third-order valence-electron chi connectivity index (χ3n) is 1.73. The number of hydrogen-bond donors (Lipinski definition) is 0. The number of hydrogen-bond acceptors (Lipinski definition) is 1. The topological polar surface area (TPSA) is 17.1 Å². The third-order valence-corrected chi connectivity index (χ3v) is 2.07. The third kappa shape index (κ3) is 1.14. The molecule has 0 aromatic rings. The van der Waals surface area contributed by atoms with Crippen molar-refractivity contribution in [3.05, 3.63) is 23.3 Å². The highest BCUT2D eigenvalue weighted by atomic mass is 35.5. The molecule has 0 fully saturated rings. The molecule has 0 spiro atoms. The van der Waals surface area contributed by atoms with Gasteiger partial charge in [-0.3, -0.25) is 4.79 Å². The van der Waals surface area contributed by atoms with E-state index in [1.807, 2.05) is 13.0 Å². The summed E-state index contributed by atoms with van der Waals surface area (Å²) >= 11 is 5.66. The van der Waals surface area contributed by atoms with Crippen LogP contribution in [0.15, 0.2) is 23.3 Å². The van der Waals surface area contributed by atoms with Crippen LogP contribution in [0.4, 0.5) is 0 Å². The Hall–Kier alpha value is -0.560. The fourth-order valence-corrected chi connectivity index (χ4v) is 1.08. The summed E-state index contributed by atoms with van der Waals surface area (Å²) < 4.78 is 0. The summed E-state index contributed by atoms with van der Waals surface area (Å²) in [5, 5.41) is -0.441. The molecule has 0 heterocycles. The van der Waals surface area contributed by atoms with Crippen molar-refractivity contribution < 1.29 is 4.79 Å². The molecule has 2 heteroatoms. The zero-order valence-electron chi connectivity index (χ0n) is 6.02. The van der Waals surface area contributed by atoms with E-state index in [1.165, 1.54) is 0 Å². The molecule has 1 atom stereocenters. The van der Waals surface area contributed by atoms with Gasteiger partial charge in [0.2, 0.25) is 0 Å². The first kappa shape index (κ1) is 7.55. The van der Waals surface area contributed by atoms with E-state index >= 15 is 0 Å². The SMILES string of the molecule is CC1=C(C)C(=O)C(Cl)C=C1. The number of allylic oxidation sites excluding steroid dienone is 4. The molecule has 0 saturated carbocycles. The molecule has 1 aliphatic rings. The summed E-state index contributed by atoms with van der Waals surface area (Å²) in [4.78, 5) is 11.1. The van der Waals surface area contributed by atoms with Gasteiger partial charge in [0.15, 0.2) is 5.78 Å². The maximum atomic E-state index is 11.1. The van der Waals surface area contributed by atoms with Gasteiger partial charge in [0, 0.05) is 0 Å². The highest BCUT2D eigenvalue weighted by molar-refractivity contribution is 6.35. The molecule has 0 N–H and O–H groups in total. The zero-order valence-corrected chi connectivity index (χ0v) is 6.77. The van der Waals surface area contributed by atoms with Gasteiger partial charge in [0.05, 0.1) is 0 Å². The molecule has 1 aliphatic carbocycles. The molecular formula is C8H9ClO. The van der Waals surface area contributed by atoms with E-state index in [1.54, 1.807) is 13.0 Å². The maximum Gasteiger partial charge on any atom is 0.180 e. The lowest BCUT2D eigenvalue weighted by molar-refractivity contribution is -0.114. The second kappa shape index (κ2) is 2.59. The lowest BCUT2D eigenvalue weighted by Crippen LogP contribution is -2.16. The van der Waals surface area contributed by atoms with Gasteiger partial charge in [-0.25, -0.2) is 0 Å². The minimum Gasteiger partial charge on any atom is -0.293 e. The van der Waals surface area contributed by atoms with Crippen molar-refractivity contribution >= 4 is 17.4 Å². The normalized spacial score (nSPS) is 25.9. The predicted molar refractivity (Wildman–Crippen MR) is 42.2 cm³/mol. The lowest BCUT2D eigenvalue weighted by atomic mass is 9.99. The van der Waals surface area contributed by atoms with Gasteiger partial charge >= 0.3 is 0 Å². The number of alkyl halides is 1. The molecule has 0 aliphatic heterocycles. The van der Waals surface area contributed by atoms with Crippen LogP contribution in [0.5, 0.6) is 0 Å². The Bertz CT molecular complexity index is 225. The van der Waals surface area contributed by atoms with Gasteiger partial charge in [-0.1, -0.05) is 12.2 Å². The van der Waals surface area contributed by atoms with E-state index in [4.69, 9.17) is 11.6 Å². The molecule has 1 unspecified atom stereocenters. The van der Waals surface area contributed by atoms with E-state index in [0.29, 0.717) is 0 Å². The van der Waals surface area contributed by atoms with Crippen LogP contribution >= 0.6 is 11.6 Å². The minimum atomic E-state index is -0.441. The average Bonchev–Trinajstić information content (AvgIpc) is 1.93. The average molecular weight is 157 g/mol. The lowest BCUT2D eigenvalue weighted by Gasteiger charge is -2.10. The molecule has 1 rings (SSSR count). The van der Waals surface area contributed by atoms with Crippen LogP contribution in [0.2, 0.25) is 0 Å². The van der Waals surface area contributed by atoms with Crippen molar-refractivity contribution in [2.45, 2.75) is 19.2 Å². The first-order chi connectivity index (χ1) is 4.63. The molecule has 1 nitrogen and oxygen atoms in total. The van der Waals surface area contributed by atoms with Gasteiger partial charge in [-0.15, -0.1) is 11.6 Å². The van der Waals surface area contributed by atoms with Crippen LogP contribution in [-0.4, -0.2) is 11.2 Å². The number of rotatable bonds is 0. The smallest absolute Gasteiger partial charge is 0.180 e. The van der Waals surface area contributed by atoms with Crippen molar-refractivity contribution in [3.8, 4) is 0 Å². The van der Waals surface area contributed by atoms with Crippen LogP contribution in [0, 0.1) is 0 Å². The van der Waals surface area contributed by atoms with E-state index < -0.39 is 5.38 Å². The van der Waals surface area contributed by atoms with Crippen LogP contribution in [-0.2, 0) is 4.79 Å². The molecule has 0 amide bonds. The van der Waals surface area contributed by atoms with Crippen LogP contribution in [0.1, 0.15) is 13.8 Å². The second-order valence-corrected chi connectivity index (χ2v) is 2.90. The van der Waals surface area contributed by atoms with Gasteiger partial charge in [0.1, 0.15) is 5.38 Å². The predicted octanol–water partition coefficient (Wildman–Crippen LogP) is 2.07. The first-order valence-corrected chi connectivity index (χ1v) is 3.60. The molecule has 0 aromatic carbocycles. The van der Waals surface area contributed by atoms with Crippen molar-refractivity contribution in [3.63, 3.8) is 0 Å². The van der Waals surface area contributed by atoms with Crippen molar-refractivity contribution in [2.24, 2.45) is 0 Å². The number of halogens is 1. The summed E-state index contributed by atoms with van der Waals surface area (Å²) in [6.07, 6.45) is 3.60. The summed E-state index contributed by atoms with van der Waals surface area (Å²) in [6.45, 7) is 3.71. The number of carbonyl (C=O) groups excluding carboxylic acids is 1. The Kier molecular flexibility index (Phi) is 1.95. The molecule has 0 aromatic heterocycles. The van der Waals surface area contributed by atoms with Crippen molar-refractivity contribution in [2.75, 3.05) is 0 Å². The fourth-order valence-electron chi connectivity index (χ4n) is 0.842. The van der Waals surface area contributed by atoms with Gasteiger partial charge in [-0.2, -0.15) is 0 Å². The van der Waals surface area contributed by atoms with Crippen molar-refractivity contribution in [1.82, 2.24) is 0 Å². The van der Waals surface area contributed by atoms with Gasteiger partial charge < -0.3 is 0 Å². The fraction of sp³-hybridized carbons (Fsp3) is 0.375. The van der Waals surface area contributed by atoms with E-state index in [0.717, 1.165) is 11.1 Å². The highest BCUT2D eigenvalue weighted by Crippen LogP contribution is 2.18. The maximum absolute atomic E-state index is 11.1. The molecule has 0 radical (unpaired) electrons. The number of Topliss-reactive ketones (excluding diaryl/α,β-unsaturated/α-hetero) is 1. The van der Waals surface area contributed by atoms with Crippen molar-refractivity contribution in [1.29, 1.82) is 0 Å². The quantitative estimate of drug-likeness (QED) is 0.491. The Labute approximate surface area is 65.4 Å². The van der Waals surface area contributed by atoms with E-state index in [2.05, 4.69) is 0 Å². The first-order valence-electron chi connectivity index (χ1n) is 3.17. The van der Waals surface area contributed by atoms with Gasteiger partial charge in [0.25, 0.3) is 0 Å². The Balaban J connectivity index is 3.00. The Morgan fingerprint density at radius 1 is 1.50 bits per heavy atom. The minimum absolute atomic E-state index is 0.0293. The summed E-state index contributed by atoms with van der Waals surface area (Å²) in [7, 11) is 0. The molecule has 54 valence electrons. The largest absolute Gasteiger partial charge is 0.293 e. The summed E-state index contributed by atoms with van der Waals surface area (Å²) in [5.41, 5.74) is 1.80. The van der Waals surface area contributed by atoms with Crippen LogP contribution < -0.4 is 0 Å². The molecule has 0 saturated heterocycles. The molecular weight excluding hydrogens is 148 g/mol. The summed E-state index contributed by atoms with van der Waals surface area (Å²) in [6, 6.07) is 0. The highest BCUT2D eigenvalue weighted by Gasteiger charge is 2.18. The van der Waals surface area contributed by atoms with E-state index in [9.17, 15) is 4.79 Å². The molecule has 0 bridgehead atoms. The van der Waals surface area contributed by atoms with E-state index in [-0.39, 0.29) is 5.78 Å². The second-order valence-electron chi connectivity index (χ2n) is 2.43. The number of ketones is 1. The number of carbonyl (C=O) groups is 1. The standard InChI is InChI=1S/C8H9ClO/c1-5-3-4-7(9)8(10)6(5)2/h3-4,7H,1-2H3. The summed E-state index contributed by atoms with van der Waals surface area (Å²) in [5.74, 6) is 0.0293. The molecule has 10 heavy (non-hydrogen) atoms. The van der Waals surface area contributed by atoms with Crippen LogP contribution in [0.3, 0.4) is 0 Å². The Morgan fingerprint density at radius 3 is 2.60 bits per heavy atom.